The Balaban J connectivity index is 1.89. The van der Waals surface area contributed by atoms with Crippen molar-refractivity contribution >= 4 is 38.9 Å². The lowest BCUT2D eigenvalue weighted by molar-refractivity contribution is -0.123. The van der Waals surface area contributed by atoms with Crippen LogP contribution in [-0.4, -0.2) is 25.3 Å². The minimum absolute atomic E-state index is 0.140. The average Bonchev–Trinajstić information content (AvgIpc) is 3.05. The highest BCUT2D eigenvalue weighted by molar-refractivity contribution is 9.10. The topological polar surface area (TPSA) is 59.9 Å². The first kappa shape index (κ1) is 16.5. The van der Waals surface area contributed by atoms with Crippen molar-refractivity contribution in [3.63, 3.8) is 0 Å². The molecule has 0 aliphatic rings. The molecule has 0 aliphatic heterocycles. The van der Waals surface area contributed by atoms with Gasteiger partial charge in [-0.15, -0.1) is 11.3 Å². The Labute approximate surface area is 141 Å². The Morgan fingerprint density at radius 2 is 2.18 bits per heavy atom. The monoisotopic (exact) mass is 382 g/mol. The second-order valence-corrected chi connectivity index (χ2v) is 6.16. The lowest BCUT2D eigenvalue weighted by Gasteiger charge is -2.10. The van der Waals surface area contributed by atoms with Gasteiger partial charge in [-0.05, 0) is 36.6 Å². The van der Waals surface area contributed by atoms with Gasteiger partial charge in [-0.25, -0.2) is 5.43 Å². The molecule has 0 fully saturated rings. The molecule has 0 atom stereocenters. The lowest BCUT2D eigenvalue weighted by Crippen LogP contribution is -2.25. The van der Waals surface area contributed by atoms with Gasteiger partial charge < -0.3 is 9.47 Å². The molecule has 0 aliphatic carbocycles. The Kier molecular flexibility index (Phi) is 5.97. The number of ether oxygens (including phenoxy) is 2. The average molecular weight is 383 g/mol. The van der Waals surface area contributed by atoms with Crippen LogP contribution in [0.4, 0.5) is 0 Å². The Bertz CT molecular complexity index is 671. The van der Waals surface area contributed by atoms with E-state index in [1.54, 1.807) is 30.6 Å². The number of hydrogen-bond acceptors (Lipinski definition) is 5. The van der Waals surface area contributed by atoms with E-state index in [4.69, 9.17) is 9.47 Å². The molecule has 0 radical (unpaired) electrons. The fraction of sp³-hybridized carbons (Fsp3) is 0.200. The maximum atomic E-state index is 11.8. The first-order chi connectivity index (χ1) is 10.6. The standard InChI is InChI=1S/C15H15BrN2O3S/c1-10(14-4-3-7-22-14)17-18-15(19)9-21-12-6-5-11(16)8-13(12)20-2/h3-8H,9H2,1-2H3,(H,18,19)/b17-10-. The number of hydrazone groups is 1. The lowest BCUT2D eigenvalue weighted by atomic mass is 10.3. The smallest absolute Gasteiger partial charge is 0.277 e. The summed E-state index contributed by atoms with van der Waals surface area (Å²) in [7, 11) is 1.55. The molecule has 5 nitrogen and oxygen atoms in total. The van der Waals surface area contributed by atoms with E-state index in [9.17, 15) is 4.79 Å². The summed E-state index contributed by atoms with van der Waals surface area (Å²) in [6, 6.07) is 9.19. The molecular formula is C15H15BrN2O3S. The molecule has 7 heteroatoms. The van der Waals surface area contributed by atoms with Crippen molar-refractivity contribution in [3.05, 3.63) is 45.1 Å². The van der Waals surface area contributed by atoms with Crippen LogP contribution in [-0.2, 0) is 4.79 Å². The van der Waals surface area contributed by atoms with Gasteiger partial charge in [0.1, 0.15) is 0 Å². The molecule has 2 rings (SSSR count). The van der Waals surface area contributed by atoms with Crippen molar-refractivity contribution in [3.8, 4) is 11.5 Å². The molecule has 1 amide bonds. The molecule has 1 aromatic carbocycles. The fourth-order valence-corrected chi connectivity index (χ4v) is 2.64. The van der Waals surface area contributed by atoms with Crippen LogP contribution < -0.4 is 14.9 Å². The molecule has 116 valence electrons. The third-order valence-corrected chi connectivity index (χ3v) is 4.18. The van der Waals surface area contributed by atoms with Crippen LogP contribution in [0.2, 0.25) is 0 Å². The molecule has 22 heavy (non-hydrogen) atoms. The predicted octanol–water partition coefficient (Wildman–Crippen LogP) is 3.44. The largest absolute Gasteiger partial charge is 0.493 e. The molecule has 0 spiro atoms. The highest BCUT2D eigenvalue weighted by Gasteiger charge is 2.08. The molecule has 0 saturated carbocycles. The zero-order valence-corrected chi connectivity index (χ0v) is 14.5. The summed E-state index contributed by atoms with van der Waals surface area (Å²) in [5, 5.41) is 6.00. The summed E-state index contributed by atoms with van der Waals surface area (Å²) in [6.45, 7) is 1.70. The Morgan fingerprint density at radius 1 is 1.36 bits per heavy atom. The van der Waals surface area contributed by atoms with E-state index >= 15 is 0 Å². The summed E-state index contributed by atoms with van der Waals surface area (Å²) in [5.74, 6) is 0.723. The van der Waals surface area contributed by atoms with Crippen LogP contribution in [0.3, 0.4) is 0 Å². The highest BCUT2D eigenvalue weighted by atomic mass is 79.9. The molecule has 0 bridgehead atoms. The van der Waals surface area contributed by atoms with Crippen LogP contribution in [0.25, 0.3) is 0 Å². The zero-order chi connectivity index (χ0) is 15.9. The predicted molar refractivity (Wildman–Crippen MR) is 90.9 cm³/mol. The van der Waals surface area contributed by atoms with Crippen molar-refractivity contribution < 1.29 is 14.3 Å². The summed E-state index contributed by atoms with van der Waals surface area (Å²) in [4.78, 5) is 12.8. The Hall–Kier alpha value is -1.86. The third kappa shape index (κ3) is 4.57. The number of halogens is 1. The van der Waals surface area contributed by atoms with Gasteiger partial charge in [-0.1, -0.05) is 22.0 Å². The number of nitrogens with zero attached hydrogens (tertiary/aromatic N) is 1. The number of carbonyl (C=O) groups excluding carboxylic acids is 1. The molecule has 0 saturated heterocycles. The van der Waals surface area contributed by atoms with Crippen molar-refractivity contribution in [1.29, 1.82) is 0 Å². The fourth-order valence-electron chi connectivity index (χ4n) is 1.62. The quantitative estimate of drug-likeness (QED) is 0.614. The van der Waals surface area contributed by atoms with Crippen LogP contribution in [0.1, 0.15) is 11.8 Å². The van der Waals surface area contributed by atoms with Crippen LogP contribution in [0.15, 0.2) is 45.3 Å². The minimum atomic E-state index is -0.333. The summed E-state index contributed by atoms with van der Waals surface area (Å²) >= 11 is 4.91. The van der Waals surface area contributed by atoms with Gasteiger partial charge in [-0.3, -0.25) is 4.79 Å². The van der Waals surface area contributed by atoms with E-state index < -0.39 is 0 Å². The van der Waals surface area contributed by atoms with E-state index in [1.165, 1.54) is 0 Å². The van der Waals surface area contributed by atoms with Gasteiger partial charge in [0.15, 0.2) is 18.1 Å². The maximum Gasteiger partial charge on any atom is 0.277 e. The number of nitrogens with one attached hydrogen (secondary N) is 1. The van der Waals surface area contributed by atoms with E-state index in [0.717, 1.165) is 15.1 Å². The maximum absolute atomic E-state index is 11.8. The number of rotatable bonds is 6. The van der Waals surface area contributed by atoms with Gasteiger partial charge in [0.05, 0.1) is 12.8 Å². The van der Waals surface area contributed by atoms with Gasteiger partial charge in [0.25, 0.3) is 5.91 Å². The minimum Gasteiger partial charge on any atom is -0.493 e. The first-order valence-corrected chi connectivity index (χ1v) is 8.10. The van der Waals surface area contributed by atoms with Crippen molar-refractivity contribution in [2.45, 2.75) is 6.92 Å². The zero-order valence-electron chi connectivity index (χ0n) is 12.1. The van der Waals surface area contributed by atoms with Crippen LogP contribution in [0, 0.1) is 0 Å². The third-order valence-electron chi connectivity index (χ3n) is 2.71. The number of hydrogen-bond donors (Lipinski definition) is 1. The summed E-state index contributed by atoms with van der Waals surface area (Å²) in [6.07, 6.45) is 0. The van der Waals surface area contributed by atoms with Crippen LogP contribution >= 0.6 is 27.3 Å². The molecule has 1 N–H and O–H groups in total. The second-order valence-electron chi connectivity index (χ2n) is 4.29. The number of methoxy groups -OCH3 is 1. The van der Waals surface area contributed by atoms with E-state index in [1.807, 2.05) is 30.5 Å². The molecular weight excluding hydrogens is 368 g/mol. The molecule has 1 aromatic heterocycles. The van der Waals surface area contributed by atoms with Gasteiger partial charge >= 0.3 is 0 Å². The van der Waals surface area contributed by atoms with E-state index in [2.05, 4.69) is 26.5 Å². The number of thiophene rings is 1. The normalized spacial score (nSPS) is 11.1. The van der Waals surface area contributed by atoms with Crippen molar-refractivity contribution in [2.75, 3.05) is 13.7 Å². The SMILES string of the molecule is COc1cc(Br)ccc1OCC(=O)N/N=C(/C)c1cccs1. The van der Waals surface area contributed by atoms with Gasteiger partial charge in [-0.2, -0.15) is 5.10 Å². The number of benzene rings is 1. The number of amides is 1. The summed E-state index contributed by atoms with van der Waals surface area (Å²) < 4.78 is 11.5. The molecule has 2 aromatic rings. The number of carbonyl (C=O) groups is 1. The summed E-state index contributed by atoms with van der Waals surface area (Å²) in [5.41, 5.74) is 3.22. The molecule has 1 heterocycles. The van der Waals surface area contributed by atoms with Crippen molar-refractivity contribution in [1.82, 2.24) is 5.43 Å². The van der Waals surface area contributed by atoms with Crippen LogP contribution in [0.5, 0.6) is 11.5 Å². The van der Waals surface area contributed by atoms with E-state index in [0.29, 0.717) is 11.5 Å². The second kappa shape index (κ2) is 7.95. The van der Waals surface area contributed by atoms with E-state index in [-0.39, 0.29) is 12.5 Å². The molecule has 0 unspecified atom stereocenters. The Morgan fingerprint density at radius 3 is 2.86 bits per heavy atom. The highest BCUT2D eigenvalue weighted by Crippen LogP contribution is 2.29. The first-order valence-electron chi connectivity index (χ1n) is 6.43. The van der Waals surface area contributed by atoms with Gasteiger partial charge in [0.2, 0.25) is 0 Å². The van der Waals surface area contributed by atoms with Crippen molar-refractivity contribution in [2.24, 2.45) is 5.10 Å². The van der Waals surface area contributed by atoms with Gasteiger partial charge in [0, 0.05) is 9.35 Å².